The lowest BCUT2D eigenvalue weighted by Gasteiger charge is -2.00. The molecule has 0 bridgehead atoms. The Labute approximate surface area is 86.2 Å². The van der Waals surface area contributed by atoms with Gasteiger partial charge < -0.3 is 5.73 Å². The molecule has 0 unspecified atom stereocenters. The standard InChI is InChI=1S/C5H2BrCl2N3O/c6-1-2(4(9)12)10-5(8)11-3(1)7/h(H2,9,12). The zero-order chi connectivity index (χ0) is 9.30. The molecule has 0 aliphatic rings. The van der Waals surface area contributed by atoms with Crippen LogP contribution in [0.25, 0.3) is 0 Å². The first-order valence-corrected chi connectivity index (χ1v) is 4.25. The van der Waals surface area contributed by atoms with Gasteiger partial charge in [-0.3, -0.25) is 4.79 Å². The summed E-state index contributed by atoms with van der Waals surface area (Å²) in [6.07, 6.45) is 0. The Balaban J connectivity index is 3.37. The van der Waals surface area contributed by atoms with E-state index in [0.717, 1.165) is 0 Å². The molecule has 12 heavy (non-hydrogen) atoms. The molecular weight excluding hydrogens is 269 g/mol. The van der Waals surface area contributed by atoms with Crippen molar-refractivity contribution in [3.8, 4) is 0 Å². The summed E-state index contributed by atoms with van der Waals surface area (Å²) in [7, 11) is 0. The van der Waals surface area contributed by atoms with Gasteiger partial charge in [-0.15, -0.1) is 0 Å². The highest BCUT2D eigenvalue weighted by Crippen LogP contribution is 2.24. The highest BCUT2D eigenvalue weighted by Gasteiger charge is 2.13. The summed E-state index contributed by atoms with van der Waals surface area (Å²) in [5.41, 5.74) is 4.95. The monoisotopic (exact) mass is 269 g/mol. The molecule has 1 aromatic rings. The lowest BCUT2D eigenvalue weighted by atomic mass is 10.4. The van der Waals surface area contributed by atoms with E-state index in [-0.39, 0.29) is 20.6 Å². The van der Waals surface area contributed by atoms with Crippen LogP contribution in [0, 0.1) is 0 Å². The smallest absolute Gasteiger partial charge is 0.268 e. The highest BCUT2D eigenvalue weighted by atomic mass is 79.9. The maximum atomic E-state index is 10.7. The number of carbonyl (C=O) groups is 1. The number of primary amides is 1. The van der Waals surface area contributed by atoms with Crippen molar-refractivity contribution in [3.63, 3.8) is 0 Å². The Morgan fingerprint density at radius 1 is 1.42 bits per heavy atom. The van der Waals surface area contributed by atoms with Crippen LogP contribution < -0.4 is 5.73 Å². The van der Waals surface area contributed by atoms with E-state index in [0.29, 0.717) is 0 Å². The summed E-state index contributed by atoms with van der Waals surface area (Å²) in [5.74, 6) is -0.715. The first-order chi connectivity index (χ1) is 5.52. The molecule has 0 aromatic carbocycles. The van der Waals surface area contributed by atoms with E-state index < -0.39 is 5.91 Å². The molecule has 0 saturated heterocycles. The van der Waals surface area contributed by atoms with Crippen molar-refractivity contribution in [2.45, 2.75) is 0 Å². The van der Waals surface area contributed by atoms with Crippen LogP contribution in [-0.4, -0.2) is 15.9 Å². The van der Waals surface area contributed by atoms with Crippen LogP contribution in [-0.2, 0) is 0 Å². The summed E-state index contributed by atoms with van der Waals surface area (Å²) in [6, 6.07) is 0. The summed E-state index contributed by atoms with van der Waals surface area (Å²) < 4.78 is 0.251. The maximum absolute atomic E-state index is 10.7. The number of hydrogen-bond donors (Lipinski definition) is 1. The van der Waals surface area contributed by atoms with Crippen molar-refractivity contribution in [1.29, 1.82) is 0 Å². The zero-order valence-electron chi connectivity index (χ0n) is 5.51. The van der Waals surface area contributed by atoms with Gasteiger partial charge in [0.25, 0.3) is 5.91 Å². The van der Waals surface area contributed by atoms with E-state index in [1.54, 1.807) is 0 Å². The minimum Gasteiger partial charge on any atom is -0.364 e. The van der Waals surface area contributed by atoms with Crippen LogP contribution in [0.3, 0.4) is 0 Å². The Morgan fingerprint density at radius 3 is 2.50 bits per heavy atom. The molecule has 1 aromatic heterocycles. The van der Waals surface area contributed by atoms with Gasteiger partial charge in [0.2, 0.25) is 5.28 Å². The fourth-order valence-electron chi connectivity index (χ4n) is 0.557. The molecule has 0 saturated carbocycles. The number of nitrogens with two attached hydrogens (primary N) is 1. The van der Waals surface area contributed by atoms with E-state index in [1.165, 1.54) is 0 Å². The van der Waals surface area contributed by atoms with Gasteiger partial charge in [0, 0.05) is 0 Å². The number of rotatable bonds is 1. The molecule has 1 amide bonds. The number of halogens is 3. The number of nitrogens with zero attached hydrogens (tertiary/aromatic N) is 2. The summed E-state index contributed by atoms with van der Waals surface area (Å²) in [5, 5.41) is -0.0548. The molecule has 1 heterocycles. The quantitative estimate of drug-likeness (QED) is 0.623. The molecule has 1 rings (SSSR count). The molecule has 4 nitrogen and oxygen atoms in total. The molecule has 0 fully saturated rings. The molecule has 0 radical (unpaired) electrons. The largest absolute Gasteiger partial charge is 0.364 e. The Bertz CT molecular complexity index is 344. The number of aromatic nitrogens is 2. The molecule has 0 atom stereocenters. The van der Waals surface area contributed by atoms with Gasteiger partial charge in [0.15, 0.2) is 0 Å². The Hall–Kier alpha value is -0.390. The van der Waals surface area contributed by atoms with Gasteiger partial charge in [0.05, 0.1) is 4.47 Å². The highest BCUT2D eigenvalue weighted by molar-refractivity contribution is 9.10. The Kier molecular flexibility index (Phi) is 2.87. The average molecular weight is 271 g/mol. The average Bonchev–Trinajstić information content (AvgIpc) is 1.96. The molecular formula is C5H2BrCl2N3O. The second-order valence-corrected chi connectivity index (χ2v) is 3.30. The zero-order valence-corrected chi connectivity index (χ0v) is 8.61. The lowest BCUT2D eigenvalue weighted by Crippen LogP contribution is -2.14. The van der Waals surface area contributed by atoms with Gasteiger partial charge in [-0.2, -0.15) is 0 Å². The van der Waals surface area contributed by atoms with Crippen LogP contribution in [0.1, 0.15) is 10.5 Å². The molecule has 0 aliphatic heterocycles. The first-order valence-electron chi connectivity index (χ1n) is 2.70. The fraction of sp³-hybridized carbons (Fsp3) is 0. The van der Waals surface area contributed by atoms with E-state index in [1.807, 2.05) is 0 Å². The van der Waals surface area contributed by atoms with Gasteiger partial charge >= 0.3 is 0 Å². The van der Waals surface area contributed by atoms with Crippen molar-refractivity contribution in [2.75, 3.05) is 0 Å². The topological polar surface area (TPSA) is 68.9 Å². The second-order valence-electron chi connectivity index (χ2n) is 1.81. The van der Waals surface area contributed by atoms with Crippen LogP contribution in [0.4, 0.5) is 0 Å². The molecule has 7 heteroatoms. The number of hydrogen-bond acceptors (Lipinski definition) is 3. The van der Waals surface area contributed by atoms with Crippen LogP contribution in [0.2, 0.25) is 10.4 Å². The summed E-state index contributed by atoms with van der Waals surface area (Å²) in [4.78, 5) is 17.9. The van der Waals surface area contributed by atoms with Crippen molar-refractivity contribution >= 4 is 45.0 Å². The minimum atomic E-state index is -0.715. The molecule has 0 aliphatic carbocycles. The predicted octanol–water partition coefficient (Wildman–Crippen LogP) is 1.64. The van der Waals surface area contributed by atoms with E-state index in [4.69, 9.17) is 28.9 Å². The van der Waals surface area contributed by atoms with Crippen molar-refractivity contribution in [2.24, 2.45) is 5.73 Å². The normalized spacial score (nSPS) is 9.92. The SMILES string of the molecule is NC(=O)c1nc(Cl)nc(Cl)c1Br. The maximum Gasteiger partial charge on any atom is 0.268 e. The van der Waals surface area contributed by atoms with E-state index in [9.17, 15) is 4.79 Å². The molecule has 64 valence electrons. The van der Waals surface area contributed by atoms with Crippen LogP contribution in [0.5, 0.6) is 0 Å². The third kappa shape index (κ3) is 1.85. The predicted molar refractivity (Wildman–Crippen MR) is 48.3 cm³/mol. The van der Waals surface area contributed by atoms with Gasteiger partial charge in [-0.1, -0.05) is 11.6 Å². The lowest BCUT2D eigenvalue weighted by molar-refractivity contribution is 0.0994. The fourth-order valence-corrected chi connectivity index (χ4v) is 1.31. The van der Waals surface area contributed by atoms with Gasteiger partial charge in [-0.05, 0) is 27.5 Å². The van der Waals surface area contributed by atoms with Gasteiger partial charge in [0.1, 0.15) is 10.8 Å². The van der Waals surface area contributed by atoms with Crippen LogP contribution in [0.15, 0.2) is 4.47 Å². The van der Waals surface area contributed by atoms with Crippen molar-refractivity contribution < 1.29 is 4.79 Å². The van der Waals surface area contributed by atoms with Crippen LogP contribution >= 0.6 is 39.1 Å². The summed E-state index contributed by atoms with van der Waals surface area (Å²) >= 11 is 14.0. The summed E-state index contributed by atoms with van der Waals surface area (Å²) in [6.45, 7) is 0. The van der Waals surface area contributed by atoms with Crippen molar-refractivity contribution in [1.82, 2.24) is 9.97 Å². The number of amides is 1. The molecule has 2 N–H and O–H groups in total. The molecule has 0 spiro atoms. The number of carbonyl (C=O) groups excluding carboxylic acids is 1. The van der Waals surface area contributed by atoms with Crippen molar-refractivity contribution in [3.05, 3.63) is 20.6 Å². The first kappa shape index (κ1) is 9.70. The minimum absolute atomic E-state index is 0.0278. The second kappa shape index (κ2) is 3.55. The Morgan fingerprint density at radius 2 is 2.00 bits per heavy atom. The van der Waals surface area contributed by atoms with Gasteiger partial charge in [-0.25, -0.2) is 9.97 Å². The van der Waals surface area contributed by atoms with E-state index >= 15 is 0 Å². The van der Waals surface area contributed by atoms with E-state index in [2.05, 4.69) is 25.9 Å². The third-order valence-corrected chi connectivity index (χ3v) is 2.44. The third-order valence-electron chi connectivity index (χ3n) is 1.02.